The van der Waals surface area contributed by atoms with E-state index in [2.05, 4.69) is 73.6 Å². The Bertz CT molecular complexity index is 1790. The summed E-state index contributed by atoms with van der Waals surface area (Å²) in [6, 6.07) is 17.0. The Balaban J connectivity index is 0.000000244. The fourth-order valence-electron chi connectivity index (χ4n) is 4.73. The molecule has 5 aromatic rings. The standard InChI is InChI=1S/C23H22N4O2S.C14H16N2OS.CH4/c1-16(27-22(28)21-14-24-15-30-21)11-18-8-5-17(6-9-18)7-10-19-12-25-23(26-13-19)29-20-3-2-4-20;1-10-3-5-12(6-4-10)7-11(2)16-14(17)13-8-15-9-18-13;/h5-6,8-9,12-16,20H,2-4,11H2,1H3,(H,27,28);3-6,8-9,11H,7H2,1-2H3,(H,16,17);1H4. The molecule has 49 heavy (non-hydrogen) atoms. The third-order valence-electron chi connectivity index (χ3n) is 7.53. The second kappa shape index (κ2) is 18.6. The average molecular weight is 695 g/mol. The Morgan fingerprint density at radius 2 is 1.27 bits per heavy atom. The van der Waals surface area contributed by atoms with Crippen molar-refractivity contribution in [3.8, 4) is 17.9 Å². The number of nitrogens with zero attached hydrogens (tertiary/aromatic N) is 4. The zero-order valence-electron chi connectivity index (χ0n) is 27.2. The summed E-state index contributed by atoms with van der Waals surface area (Å²) in [6.45, 7) is 6.07. The maximum atomic E-state index is 12.1. The Morgan fingerprint density at radius 3 is 1.71 bits per heavy atom. The van der Waals surface area contributed by atoms with Gasteiger partial charge in [-0.1, -0.05) is 61.2 Å². The van der Waals surface area contributed by atoms with Crippen molar-refractivity contribution in [3.63, 3.8) is 0 Å². The van der Waals surface area contributed by atoms with Gasteiger partial charge in [0.25, 0.3) is 11.8 Å². The van der Waals surface area contributed by atoms with Crippen molar-refractivity contribution in [2.75, 3.05) is 0 Å². The maximum absolute atomic E-state index is 12.1. The molecule has 2 atom stereocenters. The van der Waals surface area contributed by atoms with Crippen LogP contribution in [0.5, 0.6) is 6.01 Å². The lowest BCUT2D eigenvalue weighted by atomic mass is 9.96. The molecule has 1 fully saturated rings. The number of amides is 2. The molecule has 9 nitrogen and oxygen atoms in total. The van der Waals surface area contributed by atoms with Crippen molar-refractivity contribution in [1.29, 1.82) is 0 Å². The highest BCUT2D eigenvalue weighted by Gasteiger charge is 2.20. The highest BCUT2D eigenvalue weighted by molar-refractivity contribution is 7.12. The lowest BCUT2D eigenvalue weighted by Crippen LogP contribution is -2.33. The van der Waals surface area contributed by atoms with E-state index in [0.29, 0.717) is 15.8 Å². The molecule has 1 aliphatic rings. The summed E-state index contributed by atoms with van der Waals surface area (Å²) in [7, 11) is 0. The molecule has 3 heterocycles. The molecule has 2 N–H and O–H groups in total. The average Bonchev–Trinajstić information content (AvgIpc) is 3.80. The van der Waals surface area contributed by atoms with Crippen LogP contribution in [-0.2, 0) is 12.8 Å². The molecule has 0 aliphatic heterocycles. The van der Waals surface area contributed by atoms with Crippen LogP contribution in [0.3, 0.4) is 0 Å². The first-order valence-corrected chi connectivity index (χ1v) is 17.6. The molecule has 2 aromatic carbocycles. The number of aromatic nitrogens is 4. The number of hydrogen-bond donors (Lipinski definition) is 2. The van der Waals surface area contributed by atoms with Gasteiger partial charge in [0, 0.05) is 30.0 Å². The summed E-state index contributed by atoms with van der Waals surface area (Å²) in [5.41, 5.74) is 8.60. The SMILES string of the molecule is C.CC(Cc1ccc(C#Cc2cnc(OC3CCC3)nc2)cc1)NC(=O)c1cncs1.Cc1ccc(CC(C)NC(=O)c2cncs2)cc1. The van der Waals surface area contributed by atoms with Crippen molar-refractivity contribution in [3.05, 3.63) is 122 Å². The van der Waals surface area contributed by atoms with Gasteiger partial charge in [-0.15, -0.1) is 22.7 Å². The number of hydrogen-bond acceptors (Lipinski definition) is 9. The van der Waals surface area contributed by atoms with Crippen LogP contribution in [0.4, 0.5) is 0 Å². The lowest BCUT2D eigenvalue weighted by molar-refractivity contribution is 0.0935. The van der Waals surface area contributed by atoms with Gasteiger partial charge in [-0.25, -0.2) is 9.97 Å². The smallest absolute Gasteiger partial charge is 0.316 e. The van der Waals surface area contributed by atoms with Crippen molar-refractivity contribution >= 4 is 34.5 Å². The van der Waals surface area contributed by atoms with Crippen LogP contribution in [0.2, 0.25) is 0 Å². The number of ether oxygens (including phenoxy) is 1. The first kappa shape index (κ1) is 36.9. The van der Waals surface area contributed by atoms with Gasteiger partial charge in [0.2, 0.25) is 0 Å². The van der Waals surface area contributed by atoms with Gasteiger partial charge in [0.1, 0.15) is 15.9 Å². The van der Waals surface area contributed by atoms with Gasteiger partial charge in [-0.3, -0.25) is 19.6 Å². The Labute approximate surface area is 296 Å². The van der Waals surface area contributed by atoms with Gasteiger partial charge in [0.05, 0.1) is 29.0 Å². The monoisotopic (exact) mass is 694 g/mol. The fraction of sp³-hybridized carbons (Fsp3) is 0.316. The Morgan fingerprint density at radius 1 is 0.776 bits per heavy atom. The fourth-order valence-corrected chi connectivity index (χ4v) is 5.77. The summed E-state index contributed by atoms with van der Waals surface area (Å²) in [6.07, 6.45) is 11.8. The summed E-state index contributed by atoms with van der Waals surface area (Å²) in [5.74, 6) is 6.08. The van der Waals surface area contributed by atoms with Crippen molar-refractivity contribution in [2.45, 2.75) is 78.5 Å². The predicted octanol–water partition coefficient (Wildman–Crippen LogP) is 7.07. The van der Waals surface area contributed by atoms with Crippen molar-refractivity contribution in [1.82, 2.24) is 30.6 Å². The molecule has 1 aliphatic carbocycles. The predicted molar refractivity (Wildman–Crippen MR) is 196 cm³/mol. The number of benzene rings is 2. The number of aryl methyl sites for hydroxylation is 1. The zero-order valence-corrected chi connectivity index (χ0v) is 28.8. The van der Waals surface area contributed by atoms with E-state index in [1.165, 1.54) is 40.2 Å². The molecule has 6 rings (SSSR count). The molecule has 1 saturated carbocycles. The van der Waals surface area contributed by atoms with Gasteiger partial charge in [-0.05, 0) is 76.1 Å². The van der Waals surface area contributed by atoms with E-state index in [0.717, 1.165) is 42.4 Å². The number of rotatable bonds is 10. The van der Waals surface area contributed by atoms with Crippen LogP contribution < -0.4 is 15.4 Å². The van der Waals surface area contributed by atoms with Crippen molar-refractivity contribution < 1.29 is 14.3 Å². The van der Waals surface area contributed by atoms with Crippen LogP contribution in [0, 0.1) is 18.8 Å². The first-order valence-electron chi connectivity index (χ1n) is 15.8. The third kappa shape index (κ3) is 11.9. The first-order chi connectivity index (χ1) is 23.3. The van der Waals surface area contributed by atoms with Crippen molar-refractivity contribution in [2.24, 2.45) is 0 Å². The van der Waals surface area contributed by atoms with E-state index < -0.39 is 0 Å². The van der Waals surface area contributed by atoms with Crippen LogP contribution >= 0.6 is 22.7 Å². The lowest BCUT2D eigenvalue weighted by Gasteiger charge is -2.24. The summed E-state index contributed by atoms with van der Waals surface area (Å²) >= 11 is 2.70. The normalized spacial score (nSPS) is 13.1. The molecular weight excluding hydrogens is 653 g/mol. The van der Waals surface area contributed by atoms with Crippen LogP contribution in [0.15, 0.2) is 84.3 Å². The highest BCUT2D eigenvalue weighted by atomic mass is 32.1. The van der Waals surface area contributed by atoms with E-state index in [9.17, 15) is 9.59 Å². The molecule has 0 radical (unpaired) electrons. The van der Waals surface area contributed by atoms with E-state index in [-0.39, 0.29) is 37.4 Å². The second-order valence-electron chi connectivity index (χ2n) is 11.7. The van der Waals surface area contributed by atoms with Crippen LogP contribution in [0.25, 0.3) is 0 Å². The molecule has 0 spiro atoms. The third-order valence-corrected chi connectivity index (χ3v) is 9.07. The number of carbonyl (C=O) groups is 2. The molecular formula is C38H42N6O3S2. The quantitative estimate of drug-likeness (QED) is 0.150. The van der Waals surface area contributed by atoms with Crippen LogP contribution in [0.1, 0.15) is 87.7 Å². The summed E-state index contributed by atoms with van der Waals surface area (Å²) < 4.78 is 5.66. The zero-order chi connectivity index (χ0) is 33.7. The minimum absolute atomic E-state index is 0. The molecule has 254 valence electrons. The number of nitrogens with one attached hydrogen (secondary N) is 2. The number of thiazole rings is 2. The van der Waals surface area contributed by atoms with Crippen LogP contribution in [-0.4, -0.2) is 49.9 Å². The molecule has 11 heteroatoms. The summed E-state index contributed by atoms with van der Waals surface area (Å²) in [5, 5.41) is 5.97. The minimum Gasteiger partial charge on any atom is -0.460 e. The Kier molecular flexibility index (Phi) is 14.0. The van der Waals surface area contributed by atoms with Gasteiger partial charge >= 0.3 is 6.01 Å². The van der Waals surface area contributed by atoms with Gasteiger partial charge < -0.3 is 15.4 Å². The van der Waals surface area contributed by atoms with Gasteiger partial charge in [-0.2, -0.15) is 0 Å². The summed E-state index contributed by atoms with van der Waals surface area (Å²) in [4.78, 5) is 41.5. The molecule has 2 unspecified atom stereocenters. The van der Waals surface area contributed by atoms with Gasteiger partial charge in [0.15, 0.2) is 0 Å². The highest BCUT2D eigenvalue weighted by Crippen LogP contribution is 2.22. The minimum atomic E-state index is -0.0844. The topological polar surface area (TPSA) is 119 Å². The second-order valence-corrected chi connectivity index (χ2v) is 13.5. The molecule has 2 amide bonds. The Hall–Kier alpha value is -4.92. The largest absolute Gasteiger partial charge is 0.460 e. The number of carbonyl (C=O) groups excluding carboxylic acids is 2. The molecule has 3 aromatic heterocycles. The van der Waals surface area contributed by atoms with E-state index in [1.54, 1.807) is 35.8 Å². The van der Waals surface area contributed by atoms with E-state index >= 15 is 0 Å². The van der Waals surface area contributed by atoms with E-state index in [1.807, 2.05) is 38.1 Å². The molecule has 0 bridgehead atoms. The van der Waals surface area contributed by atoms with E-state index in [4.69, 9.17) is 4.74 Å². The maximum Gasteiger partial charge on any atom is 0.316 e. The molecule has 0 saturated heterocycles.